The molecule has 5 nitrogen and oxygen atoms in total. The lowest BCUT2D eigenvalue weighted by Gasteiger charge is -2.26. The summed E-state index contributed by atoms with van der Waals surface area (Å²) in [6.45, 7) is 12.2. The summed E-state index contributed by atoms with van der Waals surface area (Å²) in [5.41, 5.74) is 2.67. The Morgan fingerprint density at radius 1 is 1.40 bits per heavy atom. The van der Waals surface area contributed by atoms with E-state index in [2.05, 4.69) is 35.9 Å². The summed E-state index contributed by atoms with van der Waals surface area (Å²) in [5.74, 6) is 0.0770. The predicted octanol–water partition coefficient (Wildman–Crippen LogP) is 1.84. The summed E-state index contributed by atoms with van der Waals surface area (Å²) in [7, 11) is 0. The number of nitrogens with zero attached hydrogens (tertiary/aromatic N) is 3. The van der Waals surface area contributed by atoms with E-state index in [1.165, 1.54) is 0 Å². The first-order valence-corrected chi connectivity index (χ1v) is 7.69. The highest BCUT2D eigenvalue weighted by Crippen LogP contribution is 2.19. The van der Waals surface area contributed by atoms with Crippen LogP contribution in [-0.2, 0) is 6.42 Å². The van der Waals surface area contributed by atoms with Crippen LogP contribution in [0.25, 0.3) is 0 Å². The number of rotatable bonds is 5. The zero-order chi connectivity index (χ0) is 14.7. The van der Waals surface area contributed by atoms with E-state index in [0.29, 0.717) is 11.7 Å². The van der Waals surface area contributed by atoms with Gasteiger partial charge in [-0.2, -0.15) is 5.10 Å². The van der Waals surface area contributed by atoms with E-state index in [1.54, 1.807) is 0 Å². The van der Waals surface area contributed by atoms with Crippen LogP contribution in [0.1, 0.15) is 48.9 Å². The second kappa shape index (κ2) is 6.39. The van der Waals surface area contributed by atoms with Gasteiger partial charge >= 0.3 is 0 Å². The minimum atomic E-state index is 0.0770. The van der Waals surface area contributed by atoms with Gasteiger partial charge in [-0.1, -0.05) is 20.8 Å². The van der Waals surface area contributed by atoms with Gasteiger partial charge in [0, 0.05) is 30.4 Å². The molecular formula is C15H26N4O. The number of likely N-dealkylation sites (N-methyl/N-ethyl adjacent to an activating group) is 1. The monoisotopic (exact) mass is 278 g/mol. The molecule has 1 atom stereocenters. The molecule has 112 valence electrons. The highest BCUT2D eigenvalue weighted by Gasteiger charge is 2.31. The average Bonchev–Trinajstić information content (AvgIpc) is 3.06. The summed E-state index contributed by atoms with van der Waals surface area (Å²) >= 11 is 0. The number of carbonyl (C=O) groups excluding carboxylic acids is 1. The number of likely N-dealkylation sites (tertiary alicyclic amines) is 1. The maximum absolute atomic E-state index is 12.6. The molecule has 0 aromatic carbocycles. The van der Waals surface area contributed by atoms with E-state index in [9.17, 15) is 4.79 Å². The lowest BCUT2D eigenvalue weighted by atomic mass is 10.1. The topological polar surface area (TPSA) is 52.2 Å². The number of nitrogens with one attached hydrogen (secondary N) is 1. The van der Waals surface area contributed by atoms with Crippen molar-refractivity contribution in [3.05, 3.63) is 17.0 Å². The summed E-state index contributed by atoms with van der Waals surface area (Å²) < 4.78 is 0. The molecule has 0 bridgehead atoms. The van der Waals surface area contributed by atoms with E-state index >= 15 is 0 Å². The van der Waals surface area contributed by atoms with Crippen molar-refractivity contribution in [3.8, 4) is 0 Å². The van der Waals surface area contributed by atoms with Crippen LogP contribution in [0.15, 0.2) is 0 Å². The Hall–Kier alpha value is -1.36. The third-order valence-electron chi connectivity index (χ3n) is 4.45. The van der Waals surface area contributed by atoms with Gasteiger partial charge in [-0.05, 0) is 32.9 Å². The van der Waals surface area contributed by atoms with Crippen LogP contribution in [0.4, 0.5) is 0 Å². The average molecular weight is 278 g/mol. The molecular weight excluding hydrogens is 252 g/mol. The van der Waals surface area contributed by atoms with Crippen LogP contribution < -0.4 is 0 Å². The number of aromatic nitrogens is 2. The third-order valence-corrected chi connectivity index (χ3v) is 4.45. The molecule has 20 heavy (non-hydrogen) atoms. The minimum absolute atomic E-state index is 0.0770. The van der Waals surface area contributed by atoms with E-state index in [1.807, 2.05) is 11.8 Å². The van der Waals surface area contributed by atoms with Gasteiger partial charge in [0.05, 0.1) is 0 Å². The van der Waals surface area contributed by atoms with Crippen molar-refractivity contribution < 1.29 is 4.79 Å². The van der Waals surface area contributed by atoms with Crippen LogP contribution in [0, 0.1) is 6.92 Å². The highest BCUT2D eigenvalue weighted by molar-refractivity contribution is 5.94. The number of amides is 1. The molecule has 1 aliphatic heterocycles. The number of hydrogen-bond acceptors (Lipinski definition) is 3. The Balaban J connectivity index is 2.06. The molecule has 1 fully saturated rings. The van der Waals surface area contributed by atoms with Crippen molar-refractivity contribution in [2.45, 2.75) is 46.6 Å². The molecule has 5 heteroatoms. The molecule has 1 aromatic heterocycles. The molecule has 2 rings (SSSR count). The normalized spacial score (nSPS) is 19.1. The Bertz CT molecular complexity index is 464. The van der Waals surface area contributed by atoms with Crippen molar-refractivity contribution in [2.24, 2.45) is 0 Å². The first-order valence-electron chi connectivity index (χ1n) is 7.69. The lowest BCUT2D eigenvalue weighted by molar-refractivity contribution is 0.0771. The molecule has 1 aromatic rings. The molecule has 0 aliphatic carbocycles. The second-order valence-corrected chi connectivity index (χ2v) is 5.44. The SMILES string of the molecule is CCc1[nH]nc(C(=O)N2CCC(N(CC)CC)C2)c1C. The Kier molecular flexibility index (Phi) is 4.81. The van der Waals surface area contributed by atoms with Gasteiger partial charge in [0.25, 0.3) is 5.91 Å². The van der Waals surface area contributed by atoms with Crippen molar-refractivity contribution >= 4 is 5.91 Å². The standard InChI is InChI=1S/C15H26N4O/c1-5-13-11(4)14(17-16-13)15(20)19-9-8-12(10-19)18(6-2)7-3/h12H,5-10H2,1-4H3,(H,16,17). The van der Waals surface area contributed by atoms with E-state index in [0.717, 1.165) is 50.3 Å². The highest BCUT2D eigenvalue weighted by atomic mass is 16.2. The zero-order valence-corrected chi connectivity index (χ0v) is 13.1. The fraction of sp³-hybridized carbons (Fsp3) is 0.733. The molecule has 0 radical (unpaired) electrons. The van der Waals surface area contributed by atoms with Crippen LogP contribution in [-0.4, -0.2) is 58.1 Å². The molecule has 1 N–H and O–H groups in total. The predicted molar refractivity (Wildman–Crippen MR) is 79.9 cm³/mol. The van der Waals surface area contributed by atoms with Crippen LogP contribution in [0.3, 0.4) is 0 Å². The molecule has 0 saturated carbocycles. The van der Waals surface area contributed by atoms with Crippen molar-refractivity contribution in [2.75, 3.05) is 26.2 Å². The van der Waals surface area contributed by atoms with E-state index in [-0.39, 0.29) is 5.91 Å². The van der Waals surface area contributed by atoms with Gasteiger partial charge in [0.1, 0.15) is 0 Å². The van der Waals surface area contributed by atoms with Crippen LogP contribution in [0.2, 0.25) is 0 Å². The van der Waals surface area contributed by atoms with Gasteiger partial charge in [0.2, 0.25) is 0 Å². The molecule has 2 heterocycles. The van der Waals surface area contributed by atoms with E-state index < -0.39 is 0 Å². The fourth-order valence-electron chi connectivity index (χ4n) is 3.10. The maximum Gasteiger partial charge on any atom is 0.274 e. The summed E-state index contributed by atoms with van der Waals surface area (Å²) in [6.07, 6.45) is 1.95. The fourth-order valence-corrected chi connectivity index (χ4v) is 3.10. The third kappa shape index (κ3) is 2.73. The Morgan fingerprint density at radius 2 is 2.10 bits per heavy atom. The number of hydrogen-bond donors (Lipinski definition) is 1. The first kappa shape index (κ1) is 15.0. The van der Waals surface area contributed by atoms with E-state index in [4.69, 9.17) is 0 Å². The second-order valence-electron chi connectivity index (χ2n) is 5.44. The van der Waals surface area contributed by atoms with Crippen molar-refractivity contribution in [3.63, 3.8) is 0 Å². The zero-order valence-electron chi connectivity index (χ0n) is 13.1. The molecule has 1 aliphatic rings. The minimum Gasteiger partial charge on any atom is -0.336 e. The van der Waals surface area contributed by atoms with Gasteiger partial charge in [-0.25, -0.2) is 0 Å². The van der Waals surface area contributed by atoms with Gasteiger partial charge in [0.15, 0.2) is 5.69 Å². The smallest absolute Gasteiger partial charge is 0.274 e. The molecule has 0 spiro atoms. The van der Waals surface area contributed by atoms with Crippen LogP contribution in [0.5, 0.6) is 0 Å². The lowest BCUT2D eigenvalue weighted by Crippen LogP contribution is -2.38. The summed E-state index contributed by atoms with van der Waals surface area (Å²) in [5, 5.41) is 7.19. The quantitative estimate of drug-likeness (QED) is 0.894. The Morgan fingerprint density at radius 3 is 2.65 bits per heavy atom. The number of carbonyl (C=O) groups is 1. The van der Waals surface area contributed by atoms with Crippen molar-refractivity contribution in [1.82, 2.24) is 20.0 Å². The number of aromatic amines is 1. The van der Waals surface area contributed by atoms with Gasteiger partial charge in [-0.15, -0.1) is 0 Å². The molecule has 1 amide bonds. The Labute approximate surface area is 121 Å². The van der Waals surface area contributed by atoms with Gasteiger partial charge < -0.3 is 4.90 Å². The van der Waals surface area contributed by atoms with Gasteiger partial charge in [-0.3, -0.25) is 14.8 Å². The summed E-state index contributed by atoms with van der Waals surface area (Å²) in [6, 6.07) is 0.499. The largest absolute Gasteiger partial charge is 0.336 e. The van der Waals surface area contributed by atoms with Crippen molar-refractivity contribution in [1.29, 1.82) is 0 Å². The number of aryl methyl sites for hydroxylation is 1. The summed E-state index contributed by atoms with van der Waals surface area (Å²) in [4.78, 5) is 16.9. The molecule has 1 unspecified atom stereocenters. The van der Waals surface area contributed by atoms with Crippen LogP contribution >= 0.6 is 0 Å². The first-order chi connectivity index (χ1) is 9.62. The maximum atomic E-state index is 12.6. The number of H-pyrrole nitrogens is 1. The molecule has 1 saturated heterocycles.